The van der Waals surface area contributed by atoms with Crippen LogP contribution in [0.15, 0.2) is 54.6 Å². The average molecular weight is 384 g/mol. The van der Waals surface area contributed by atoms with Crippen LogP contribution in [-0.4, -0.2) is 49.6 Å². The zero-order valence-corrected chi connectivity index (χ0v) is 16.0. The van der Waals surface area contributed by atoms with Crippen LogP contribution in [0.3, 0.4) is 0 Å². The number of hydrogen-bond acceptors (Lipinski definition) is 4. The number of amides is 1. The number of carbonyl (C=O) groups is 2. The summed E-state index contributed by atoms with van der Waals surface area (Å²) in [5.41, 5.74) is 1.84. The van der Waals surface area contributed by atoms with Crippen molar-refractivity contribution in [3.8, 4) is 0 Å². The van der Waals surface area contributed by atoms with Crippen LogP contribution in [0.5, 0.6) is 0 Å². The van der Waals surface area contributed by atoms with Gasteiger partial charge in [-0.25, -0.2) is 4.39 Å². The number of rotatable bonds is 6. The fourth-order valence-electron chi connectivity index (χ4n) is 3.41. The fraction of sp³-hybridized carbons (Fsp3) is 0.364. The molecule has 0 aliphatic carbocycles. The van der Waals surface area contributed by atoms with Gasteiger partial charge in [0.05, 0.1) is 5.92 Å². The van der Waals surface area contributed by atoms with Crippen LogP contribution in [0.25, 0.3) is 0 Å². The molecule has 0 spiro atoms. The lowest BCUT2D eigenvalue weighted by molar-refractivity contribution is -0.153. The first kappa shape index (κ1) is 19.9. The second-order valence-corrected chi connectivity index (χ2v) is 6.82. The molecule has 28 heavy (non-hydrogen) atoms. The lowest BCUT2D eigenvalue weighted by Gasteiger charge is -2.36. The molecule has 2 aromatic carbocycles. The highest BCUT2D eigenvalue weighted by Gasteiger charge is 2.25. The fourth-order valence-corrected chi connectivity index (χ4v) is 3.41. The molecule has 1 saturated heterocycles. The maximum absolute atomic E-state index is 13.0. The van der Waals surface area contributed by atoms with Gasteiger partial charge in [-0.1, -0.05) is 37.3 Å². The molecule has 1 aliphatic heterocycles. The van der Waals surface area contributed by atoms with Crippen LogP contribution in [-0.2, 0) is 14.3 Å². The van der Waals surface area contributed by atoms with Gasteiger partial charge in [0, 0.05) is 31.9 Å². The maximum atomic E-state index is 13.0. The minimum absolute atomic E-state index is 0.185. The molecule has 1 amide bonds. The van der Waals surface area contributed by atoms with Gasteiger partial charge >= 0.3 is 5.97 Å². The summed E-state index contributed by atoms with van der Waals surface area (Å²) in [6.45, 7) is 4.10. The van der Waals surface area contributed by atoms with E-state index in [1.807, 2.05) is 37.3 Å². The number of nitrogens with zero attached hydrogens (tertiary/aromatic N) is 2. The highest BCUT2D eigenvalue weighted by atomic mass is 19.1. The van der Waals surface area contributed by atoms with Gasteiger partial charge < -0.3 is 14.5 Å². The molecule has 0 radical (unpaired) electrons. The molecule has 1 atom stereocenters. The van der Waals surface area contributed by atoms with Crippen molar-refractivity contribution in [2.45, 2.75) is 19.3 Å². The van der Waals surface area contributed by atoms with Crippen LogP contribution < -0.4 is 4.90 Å². The Labute approximate surface area is 164 Å². The van der Waals surface area contributed by atoms with Crippen molar-refractivity contribution in [1.29, 1.82) is 0 Å². The molecule has 148 valence electrons. The highest BCUT2D eigenvalue weighted by Crippen LogP contribution is 2.21. The molecule has 0 aromatic heterocycles. The zero-order valence-electron chi connectivity index (χ0n) is 16.0. The van der Waals surface area contributed by atoms with E-state index in [9.17, 15) is 14.0 Å². The summed E-state index contributed by atoms with van der Waals surface area (Å²) in [4.78, 5) is 28.6. The number of hydrogen-bond donors (Lipinski definition) is 0. The summed E-state index contributed by atoms with van der Waals surface area (Å²) in [5.74, 6) is -1.17. The Morgan fingerprint density at radius 1 is 1.00 bits per heavy atom. The number of halogens is 1. The van der Waals surface area contributed by atoms with E-state index in [0.717, 1.165) is 11.3 Å². The van der Waals surface area contributed by atoms with Gasteiger partial charge in [-0.2, -0.15) is 0 Å². The first-order valence-corrected chi connectivity index (χ1v) is 9.58. The Kier molecular flexibility index (Phi) is 6.63. The van der Waals surface area contributed by atoms with Crippen LogP contribution in [0.2, 0.25) is 0 Å². The zero-order chi connectivity index (χ0) is 19.9. The monoisotopic (exact) mass is 384 g/mol. The molecule has 0 saturated carbocycles. The third kappa shape index (κ3) is 4.88. The second kappa shape index (κ2) is 9.35. The third-order valence-electron chi connectivity index (χ3n) is 5.06. The molecule has 1 aliphatic rings. The third-order valence-corrected chi connectivity index (χ3v) is 5.06. The second-order valence-electron chi connectivity index (χ2n) is 6.82. The number of ether oxygens (including phenoxy) is 1. The summed E-state index contributed by atoms with van der Waals surface area (Å²) >= 11 is 0. The van der Waals surface area contributed by atoms with Gasteiger partial charge in [0.15, 0.2) is 6.61 Å². The van der Waals surface area contributed by atoms with Crippen LogP contribution in [0.4, 0.5) is 10.1 Å². The van der Waals surface area contributed by atoms with Crippen molar-refractivity contribution < 1.29 is 18.7 Å². The summed E-state index contributed by atoms with van der Waals surface area (Å²) in [6.07, 6.45) is 0.618. The Hall–Kier alpha value is -2.89. The molecule has 5 nitrogen and oxygen atoms in total. The number of anilines is 1. The van der Waals surface area contributed by atoms with Crippen molar-refractivity contribution in [1.82, 2.24) is 4.90 Å². The summed E-state index contributed by atoms with van der Waals surface area (Å²) in [6, 6.07) is 15.8. The summed E-state index contributed by atoms with van der Waals surface area (Å²) < 4.78 is 18.4. The Morgan fingerprint density at radius 2 is 1.64 bits per heavy atom. The first-order valence-electron chi connectivity index (χ1n) is 9.58. The van der Waals surface area contributed by atoms with Crippen molar-refractivity contribution in [2.75, 3.05) is 37.7 Å². The molecule has 1 fully saturated rings. The quantitative estimate of drug-likeness (QED) is 0.718. The largest absolute Gasteiger partial charge is 0.455 e. The van der Waals surface area contributed by atoms with Crippen molar-refractivity contribution >= 4 is 17.6 Å². The smallest absolute Gasteiger partial charge is 0.313 e. The standard InChI is InChI=1S/C22H25FN2O3/c1-2-20(17-6-4-3-5-7-17)22(27)28-16-21(26)25-14-12-24(13-15-25)19-10-8-18(23)9-11-19/h3-11,20H,2,12-16H2,1H3/t20-/m0/s1. The van der Waals surface area contributed by atoms with Crippen LogP contribution in [0, 0.1) is 5.82 Å². The van der Waals surface area contributed by atoms with E-state index >= 15 is 0 Å². The van der Waals surface area contributed by atoms with Crippen molar-refractivity contribution in [3.05, 3.63) is 66.0 Å². The van der Waals surface area contributed by atoms with Crippen molar-refractivity contribution in [2.24, 2.45) is 0 Å². The minimum atomic E-state index is -0.369. The van der Waals surface area contributed by atoms with Crippen LogP contribution >= 0.6 is 0 Å². The minimum Gasteiger partial charge on any atom is -0.455 e. The van der Waals surface area contributed by atoms with Gasteiger partial charge in [-0.3, -0.25) is 9.59 Å². The van der Waals surface area contributed by atoms with E-state index in [2.05, 4.69) is 4.90 Å². The SMILES string of the molecule is CC[C@H](C(=O)OCC(=O)N1CCN(c2ccc(F)cc2)CC1)c1ccccc1. The van der Waals surface area contributed by atoms with E-state index in [-0.39, 0.29) is 30.2 Å². The summed E-state index contributed by atoms with van der Waals surface area (Å²) in [7, 11) is 0. The topological polar surface area (TPSA) is 49.9 Å². The van der Waals surface area contributed by atoms with Gasteiger partial charge in [-0.05, 0) is 36.2 Å². The van der Waals surface area contributed by atoms with Crippen LogP contribution in [0.1, 0.15) is 24.8 Å². The van der Waals surface area contributed by atoms with E-state index in [1.165, 1.54) is 12.1 Å². The molecule has 0 N–H and O–H groups in total. The van der Waals surface area contributed by atoms with Gasteiger partial charge in [0.25, 0.3) is 5.91 Å². The lowest BCUT2D eigenvalue weighted by atomic mass is 9.97. The molecule has 0 unspecified atom stereocenters. The lowest BCUT2D eigenvalue weighted by Crippen LogP contribution is -2.50. The molecule has 1 heterocycles. The predicted molar refractivity (Wildman–Crippen MR) is 106 cm³/mol. The number of carbonyl (C=O) groups excluding carboxylic acids is 2. The van der Waals surface area contributed by atoms with Crippen molar-refractivity contribution in [3.63, 3.8) is 0 Å². The Balaban J connectivity index is 1.48. The molecule has 0 bridgehead atoms. The van der Waals surface area contributed by atoms with E-state index < -0.39 is 0 Å². The molecule has 2 aromatic rings. The van der Waals surface area contributed by atoms with Gasteiger partial charge in [0.2, 0.25) is 0 Å². The Morgan fingerprint density at radius 3 is 2.25 bits per heavy atom. The highest BCUT2D eigenvalue weighted by molar-refractivity contribution is 5.83. The molecular weight excluding hydrogens is 359 g/mol. The number of esters is 1. The first-order chi connectivity index (χ1) is 13.6. The summed E-state index contributed by atoms with van der Waals surface area (Å²) in [5, 5.41) is 0. The van der Waals surface area contributed by atoms with E-state index in [1.54, 1.807) is 17.0 Å². The molecule has 6 heteroatoms. The normalized spacial score (nSPS) is 15.2. The average Bonchev–Trinajstić information content (AvgIpc) is 2.74. The van der Waals surface area contributed by atoms with Gasteiger partial charge in [0.1, 0.15) is 5.82 Å². The molecule has 3 rings (SSSR count). The number of benzene rings is 2. The Bertz CT molecular complexity index is 787. The van der Waals surface area contributed by atoms with E-state index in [4.69, 9.17) is 4.74 Å². The maximum Gasteiger partial charge on any atom is 0.313 e. The van der Waals surface area contributed by atoms with E-state index in [0.29, 0.717) is 32.6 Å². The molecular formula is C22H25FN2O3. The predicted octanol–water partition coefficient (Wildman–Crippen LogP) is 3.21. The number of piperazine rings is 1. The van der Waals surface area contributed by atoms with Gasteiger partial charge in [-0.15, -0.1) is 0 Å².